The normalized spacial score (nSPS) is 17.4. The highest BCUT2D eigenvalue weighted by atomic mass is 16.5. The van der Waals surface area contributed by atoms with Gasteiger partial charge in [-0.15, -0.1) is 0 Å². The van der Waals surface area contributed by atoms with E-state index in [0.29, 0.717) is 36.9 Å². The number of carbonyl (C=O) groups excluding carboxylic acids is 1. The van der Waals surface area contributed by atoms with Gasteiger partial charge in [0.15, 0.2) is 0 Å². The first-order valence-corrected chi connectivity index (χ1v) is 7.74. The lowest BCUT2D eigenvalue weighted by Gasteiger charge is -2.32. The van der Waals surface area contributed by atoms with Crippen LogP contribution < -0.4 is 4.74 Å². The number of nitrogens with zero attached hydrogens (tertiary/aromatic N) is 3. The first-order chi connectivity index (χ1) is 11.6. The van der Waals surface area contributed by atoms with Crippen molar-refractivity contribution in [2.45, 2.75) is 13.0 Å². The largest absolute Gasteiger partial charge is 0.437 e. The fourth-order valence-electron chi connectivity index (χ4n) is 2.48. The summed E-state index contributed by atoms with van der Waals surface area (Å²) in [4.78, 5) is 22.3. The molecule has 0 spiro atoms. The van der Waals surface area contributed by atoms with Gasteiger partial charge in [0.05, 0.1) is 25.0 Å². The van der Waals surface area contributed by atoms with E-state index in [1.165, 1.54) is 0 Å². The molecule has 1 fully saturated rings. The minimum atomic E-state index is -0.278. The summed E-state index contributed by atoms with van der Waals surface area (Å²) in [5.74, 6) is 1.03. The van der Waals surface area contributed by atoms with Gasteiger partial charge >= 0.3 is 0 Å². The highest BCUT2D eigenvalue weighted by molar-refractivity contribution is 5.92. The Bertz CT molecular complexity index is 733. The number of aromatic nitrogens is 2. The summed E-state index contributed by atoms with van der Waals surface area (Å²) < 4.78 is 11.5. The molecular formula is C18H19N3O3. The van der Waals surface area contributed by atoms with Crippen LogP contribution in [0.1, 0.15) is 18.7 Å². The third-order valence-corrected chi connectivity index (χ3v) is 3.65. The molecule has 6 heteroatoms. The molecule has 1 aliphatic heterocycles. The second kappa shape index (κ2) is 7.23. The lowest BCUT2D eigenvalue weighted by molar-refractivity contribution is -0.134. The summed E-state index contributed by atoms with van der Waals surface area (Å²) in [6.45, 7) is 6.92. The Kier molecular flexibility index (Phi) is 4.86. The Balaban J connectivity index is 1.73. The SMILES string of the molecule is C=C(C)C(=O)N1CCOC(c2cccc(Oc3cccnc3)n2)C1. The Morgan fingerprint density at radius 3 is 3.00 bits per heavy atom. The summed E-state index contributed by atoms with van der Waals surface area (Å²) in [6.07, 6.45) is 3.03. The number of hydrogen-bond acceptors (Lipinski definition) is 5. The van der Waals surface area contributed by atoms with Crippen molar-refractivity contribution in [1.29, 1.82) is 0 Å². The number of ether oxygens (including phenoxy) is 2. The quantitative estimate of drug-likeness (QED) is 0.809. The predicted octanol–water partition coefficient (Wildman–Crippen LogP) is 2.74. The first kappa shape index (κ1) is 16.1. The Morgan fingerprint density at radius 2 is 2.25 bits per heavy atom. The van der Waals surface area contributed by atoms with Gasteiger partial charge in [0.1, 0.15) is 11.9 Å². The molecule has 1 saturated heterocycles. The van der Waals surface area contributed by atoms with Gasteiger partial charge in [-0.3, -0.25) is 9.78 Å². The van der Waals surface area contributed by atoms with Crippen molar-refractivity contribution in [2.75, 3.05) is 19.7 Å². The van der Waals surface area contributed by atoms with Crippen LogP contribution in [0, 0.1) is 0 Å². The average molecular weight is 325 g/mol. The van der Waals surface area contributed by atoms with Gasteiger partial charge in [-0.05, 0) is 25.1 Å². The molecule has 124 valence electrons. The molecule has 0 N–H and O–H groups in total. The van der Waals surface area contributed by atoms with Crippen LogP contribution in [0.3, 0.4) is 0 Å². The minimum Gasteiger partial charge on any atom is -0.437 e. The van der Waals surface area contributed by atoms with Gasteiger partial charge < -0.3 is 14.4 Å². The molecular weight excluding hydrogens is 306 g/mol. The van der Waals surface area contributed by atoms with Gasteiger partial charge in [0, 0.05) is 24.4 Å². The molecule has 2 aromatic heterocycles. The van der Waals surface area contributed by atoms with Crippen LogP contribution in [-0.2, 0) is 9.53 Å². The zero-order chi connectivity index (χ0) is 16.9. The van der Waals surface area contributed by atoms with E-state index in [4.69, 9.17) is 9.47 Å². The van der Waals surface area contributed by atoms with E-state index in [1.807, 2.05) is 18.2 Å². The van der Waals surface area contributed by atoms with E-state index >= 15 is 0 Å². The molecule has 3 rings (SSSR count). The molecule has 2 aromatic rings. The molecule has 0 aliphatic carbocycles. The highest BCUT2D eigenvalue weighted by Crippen LogP contribution is 2.25. The Morgan fingerprint density at radius 1 is 1.38 bits per heavy atom. The molecule has 1 unspecified atom stereocenters. The molecule has 24 heavy (non-hydrogen) atoms. The monoisotopic (exact) mass is 325 g/mol. The summed E-state index contributed by atoms with van der Waals surface area (Å²) in [7, 11) is 0. The molecule has 0 saturated carbocycles. The van der Waals surface area contributed by atoms with Crippen molar-refractivity contribution in [2.24, 2.45) is 0 Å². The highest BCUT2D eigenvalue weighted by Gasteiger charge is 2.26. The van der Waals surface area contributed by atoms with E-state index in [0.717, 1.165) is 5.69 Å². The smallest absolute Gasteiger partial charge is 0.249 e. The maximum absolute atomic E-state index is 12.1. The standard InChI is InChI=1S/C18H19N3O3/c1-13(2)18(22)21-9-10-23-16(12-21)15-6-3-7-17(20-15)24-14-5-4-8-19-11-14/h3-8,11,16H,1,9-10,12H2,2H3. The molecule has 0 bridgehead atoms. The fraction of sp³-hybridized carbons (Fsp3) is 0.278. The molecule has 0 radical (unpaired) electrons. The number of morpholine rings is 1. The van der Waals surface area contributed by atoms with Crippen LogP contribution in [-0.4, -0.2) is 40.5 Å². The van der Waals surface area contributed by atoms with E-state index in [2.05, 4.69) is 16.5 Å². The fourth-order valence-corrected chi connectivity index (χ4v) is 2.48. The lowest BCUT2D eigenvalue weighted by atomic mass is 10.1. The van der Waals surface area contributed by atoms with Crippen molar-refractivity contribution < 1.29 is 14.3 Å². The second-order valence-electron chi connectivity index (χ2n) is 5.58. The number of rotatable bonds is 4. The van der Waals surface area contributed by atoms with Gasteiger partial charge in [-0.2, -0.15) is 0 Å². The van der Waals surface area contributed by atoms with Crippen molar-refractivity contribution in [3.63, 3.8) is 0 Å². The number of carbonyl (C=O) groups is 1. The van der Waals surface area contributed by atoms with Crippen LogP contribution in [0.25, 0.3) is 0 Å². The Hall–Kier alpha value is -2.73. The van der Waals surface area contributed by atoms with Crippen LogP contribution in [0.4, 0.5) is 0 Å². The van der Waals surface area contributed by atoms with E-state index in [1.54, 1.807) is 36.4 Å². The zero-order valence-corrected chi connectivity index (χ0v) is 13.5. The van der Waals surface area contributed by atoms with Crippen molar-refractivity contribution >= 4 is 5.91 Å². The number of pyridine rings is 2. The summed E-state index contributed by atoms with van der Waals surface area (Å²) in [5, 5.41) is 0. The molecule has 3 heterocycles. The van der Waals surface area contributed by atoms with Gasteiger partial charge in [0.2, 0.25) is 11.8 Å². The van der Waals surface area contributed by atoms with Gasteiger partial charge in [-0.25, -0.2) is 4.98 Å². The molecule has 1 aliphatic rings. The van der Waals surface area contributed by atoms with Crippen LogP contribution in [0.5, 0.6) is 11.6 Å². The number of amides is 1. The van der Waals surface area contributed by atoms with Crippen LogP contribution in [0.15, 0.2) is 54.9 Å². The lowest BCUT2D eigenvalue weighted by Crippen LogP contribution is -2.42. The van der Waals surface area contributed by atoms with E-state index < -0.39 is 0 Å². The summed E-state index contributed by atoms with van der Waals surface area (Å²) >= 11 is 0. The molecule has 0 aromatic carbocycles. The maximum atomic E-state index is 12.1. The van der Waals surface area contributed by atoms with Crippen LogP contribution in [0.2, 0.25) is 0 Å². The zero-order valence-electron chi connectivity index (χ0n) is 13.5. The maximum Gasteiger partial charge on any atom is 0.249 e. The Labute approximate surface area is 140 Å². The number of hydrogen-bond donors (Lipinski definition) is 0. The second-order valence-corrected chi connectivity index (χ2v) is 5.58. The third kappa shape index (κ3) is 3.78. The van der Waals surface area contributed by atoms with Gasteiger partial charge in [-0.1, -0.05) is 12.6 Å². The topological polar surface area (TPSA) is 64.6 Å². The van der Waals surface area contributed by atoms with Gasteiger partial charge in [0.25, 0.3) is 0 Å². The summed E-state index contributed by atoms with van der Waals surface area (Å²) in [6, 6.07) is 9.11. The molecule has 1 amide bonds. The predicted molar refractivity (Wildman–Crippen MR) is 88.6 cm³/mol. The van der Waals surface area contributed by atoms with Crippen molar-refractivity contribution in [3.8, 4) is 11.6 Å². The third-order valence-electron chi connectivity index (χ3n) is 3.65. The molecule has 6 nitrogen and oxygen atoms in total. The average Bonchev–Trinajstić information content (AvgIpc) is 2.62. The summed E-state index contributed by atoms with van der Waals surface area (Å²) in [5.41, 5.74) is 1.26. The van der Waals surface area contributed by atoms with E-state index in [-0.39, 0.29) is 12.0 Å². The minimum absolute atomic E-state index is 0.0499. The van der Waals surface area contributed by atoms with Crippen molar-refractivity contribution in [3.05, 3.63) is 60.6 Å². The molecule has 1 atom stereocenters. The van der Waals surface area contributed by atoms with E-state index in [9.17, 15) is 4.79 Å². The van der Waals surface area contributed by atoms with Crippen LogP contribution >= 0.6 is 0 Å². The first-order valence-electron chi connectivity index (χ1n) is 7.74. The van der Waals surface area contributed by atoms with Crippen molar-refractivity contribution in [1.82, 2.24) is 14.9 Å².